The molecule has 0 saturated carbocycles. The van der Waals surface area contributed by atoms with Crippen LogP contribution in [0.15, 0.2) is 6.20 Å². The number of hydrogen-bond donors (Lipinski definition) is 2. The fourth-order valence-corrected chi connectivity index (χ4v) is 1.00. The highest BCUT2D eigenvalue weighted by molar-refractivity contribution is 5.92. The number of amides is 1. The summed E-state index contributed by atoms with van der Waals surface area (Å²) in [4.78, 5) is 11.4. The molecule has 2 N–H and O–H groups in total. The lowest BCUT2D eigenvalue weighted by atomic mass is 10.2. The Bertz CT molecular complexity index is 326. The Kier molecular flexibility index (Phi) is 3.61. The molecule has 0 aromatic carbocycles. The van der Waals surface area contributed by atoms with Crippen LogP contribution in [-0.4, -0.2) is 27.4 Å². The summed E-state index contributed by atoms with van der Waals surface area (Å²) in [5.41, 5.74) is 0.196. The van der Waals surface area contributed by atoms with Gasteiger partial charge in [0.15, 0.2) is 5.69 Å². The number of aromatic amines is 1. The summed E-state index contributed by atoms with van der Waals surface area (Å²) < 4.78 is 0. The van der Waals surface area contributed by atoms with Crippen molar-refractivity contribution in [3.8, 4) is 6.07 Å². The van der Waals surface area contributed by atoms with Gasteiger partial charge in [-0.1, -0.05) is 13.3 Å². The van der Waals surface area contributed by atoms with Gasteiger partial charge in [-0.05, 0) is 6.42 Å². The van der Waals surface area contributed by atoms with E-state index in [0.29, 0.717) is 6.42 Å². The maximum absolute atomic E-state index is 11.4. The highest BCUT2D eigenvalue weighted by Crippen LogP contribution is 1.97. The average Bonchev–Trinajstić information content (AvgIpc) is 2.69. The Morgan fingerprint density at radius 1 is 1.86 bits per heavy atom. The Balaban J connectivity index is 2.52. The molecule has 0 fully saturated rings. The van der Waals surface area contributed by atoms with Gasteiger partial charge in [0.2, 0.25) is 0 Å². The minimum absolute atomic E-state index is 0.196. The first-order chi connectivity index (χ1) is 6.77. The van der Waals surface area contributed by atoms with Crippen molar-refractivity contribution in [3.63, 3.8) is 0 Å². The molecule has 0 spiro atoms. The van der Waals surface area contributed by atoms with Crippen molar-refractivity contribution in [1.29, 1.82) is 5.26 Å². The van der Waals surface area contributed by atoms with Crippen LogP contribution in [0.3, 0.4) is 0 Å². The summed E-state index contributed by atoms with van der Waals surface area (Å²) in [5.74, 6) is -0.376. The number of hydrogen-bond acceptors (Lipinski definition) is 4. The third-order valence-corrected chi connectivity index (χ3v) is 1.69. The molecule has 0 aliphatic carbocycles. The third kappa shape index (κ3) is 2.55. The van der Waals surface area contributed by atoms with E-state index in [4.69, 9.17) is 5.26 Å². The molecule has 0 aliphatic heterocycles. The van der Waals surface area contributed by atoms with Gasteiger partial charge in [0.1, 0.15) is 6.04 Å². The predicted molar refractivity (Wildman–Crippen MR) is 48.2 cm³/mol. The first-order valence-corrected chi connectivity index (χ1v) is 4.34. The van der Waals surface area contributed by atoms with Crippen molar-refractivity contribution < 1.29 is 4.79 Å². The lowest BCUT2D eigenvalue weighted by molar-refractivity contribution is 0.0939. The van der Waals surface area contributed by atoms with Crippen LogP contribution >= 0.6 is 0 Å². The molecule has 6 heteroatoms. The minimum atomic E-state index is -0.454. The summed E-state index contributed by atoms with van der Waals surface area (Å²) in [6.45, 7) is 1.95. The molecule has 1 unspecified atom stereocenters. The number of carbonyl (C=O) groups is 1. The van der Waals surface area contributed by atoms with Crippen LogP contribution in [0.4, 0.5) is 0 Å². The maximum atomic E-state index is 11.4. The van der Waals surface area contributed by atoms with Crippen LogP contribution < -0.4 is 5.32 Å². The van der Waals surface area contributed by atoms with Gasteiger partial charge in [-0.3, -0.25) is 4.79 Å². The van der Waals surface area contributed by atoms with E-state index in [2.05, 4.69) is 20.7 Å². The molecule has 1 amide bonds. The standard InChI is InChI=1S/C8H11N5O/c1-2-3-6(4-9)11-8(14)7-5-10-13-12-7/h5-6H,2-3H2,1H3,(H,11,14)(H,10,12,13). The van der Waals surface area contributed by atoms with Crippen LogP contribution in [-0.2, 0) is 0 Å². The topological polar surface area (TPSA) is 94.5 Å². The zero-order chi connectivity index (χ0) is 10.4. The van der Waals surface area contributed by atoms with E-state index in [0.717, 1.165) is 6.42 Å². The molecule has 14 heavy (non-hydrogen) atoms. The third-order valence-electron chi connectivity index (χ3n) is 1.69. The fraction of sp³-hybridized carbons (Fsp3) is 0.500. The molecule has 0 radical (unpaired) electrons. The molecule has 1 heterocycles. The zero-order valence-corrected chi connectivity index (χ0v) is 7.82. The minimum Gasteiger partial charge on any atom is -0.335 e. The Labute approximate surface area is 81.3 Å². The summed E-state index contributed by atoms with van der Waals surface area (Å²) in [6, 6.07) is 1.55. The summed E-state index contributed by atoms with van der Waals surface area (Å²) in [6.07, 6.45) is 2.80. The second-order valence-corrected chi connectivity index (χ2v) is 2.80. The Hall–Kier alpha value is -1.90. The lowest BCUT2D eigenvalue weighted by Gasteiger charge is -2.07. The number of nitriles is 1. The van der Waals surface area contributed by atoms with E-state index in [9.17, 15) is 4.79 Å². The molecule has 6 nitrogen and oxygen atoms in total. The fourth-order valence-electron chi connectivity index (χ4n) is 1.00. The molecule has 0 saturated heterocycles. The SMILES string of the molecule is CCCC(C#N)NC(=O)c1cn[nH]n1. The van der Waals surface area contributed by atoms with E-state index >= 15 is 0 Å². The normalized spacial score (nSPS) is 11.7. The molecule has 1 aromatic heterocycles. The van der Waals surface area contributed by atoms with Crippen LogP contribution in [0, 0.1) is 11.3 Å². The monoisotopic (exact) mass is 193 g/mol. The number of carbonyl (C=O) groups excluding carboxylic acids is 1. The quantitative estimate of drug-likeness (QED) is 0.715. The van der Waals surface area contributed by atoms with Crippen molar-refractivity contribution in [2.24, 2.45) is 0 Å². The number of nitrogens with one attached hydrogen (secondary N) is 2. The van der Waals surface area contributed by atoms with Gasteiger partial charge in [-0.25, -0.2) is 0 Å². The van der Waals surface area contributed by atoms with Gasteiger partial charge >= 0.3 is 0 Å². The Morgan fingerprint density at radius 2 is 2.64 bits per heavy atom. The van der Waals surface area contributed by atoms with Gasteiger partial charge in [0, 0.05) is 0 Å². The maximum Gasteiger partial charge on any atom is 0.274 e. The Morgan fingerprint density at radius 3 is 3.14 bits per heavy atom. The van der Waals surface area contributed by atoms with Crippen LogP contribution in [0.25, 0.3) is 0 Å². The number of nitrogens with zero attached hydrogens (tertiary/aromatic N) is 3. The van der Waals surface area contributed by atoms with E-state index in [1.807, 2.05) is 13.0 Å². The summed E-state index contributed by atoms with van der Waals surface area (Å²) >= 11 is 0. The van der Waals surface area contributed by atoms with Crippen LogP contribution in [0.2, 0.25) is 0 Å². The van der Waals surface area contributed by atoms with Crippen LogP contribution in [0.5, 0.6) is 0 Å². The molecule has 1 aromatic rings. The zero-order valence-electron chi connectivity index (χ0n) is 7.82. The molecular weight excluding hydrogens is 182 g/mol. The van der Waals surface area contributed by atoms with Crippen molar-refractivity contribution in [2.75, 3.05) is 0 Å². The molecule has 0 bridgehead atoms. The highest BCUT2D eigenvalue weighted by atomic mass is 16.2. The van der Waals surface area contributed by atoms with E-state index in [-0.39, 0.29) is 11.6 Å². The van der Waals surface area contributed by atoms with Gasteiger partial charge in [0.05, 0.1) is 12.3 Å². The summed E-state index contributed by atoms with van der Waals surface area (Å²) in [7, 11) is 0. The number of rotatable bonds is 4. The van der Waals surface area contributed by atoms with E-state index in [1.165, 1.54) is 6.20 Å². The van der Waals surface area contributed by atoms with Crippen molar-refractivity contribution in [2.45, 2.75) is 25.8 Å². The van der Waals surface area contributed by atoms with Crippen LogP contribution in [0.1, 0.15) is 30.3 Å². The van der Waals surface area contributed by atoms with Gasteiger partial charge in [-0.15, -0.1) is 0 Å². The van der Waals surface area contributed by atoms with Gasteiger partial charge < -0.3 is 5.32 Å². The van der Waals surface area contributed by atoms with Gasteiger partial charge in [-0.2, -0.15) is 20.7 Å². The second kappa shape index (κ2) is 4.97. The van der Waals surface area contributed by atoms with E-state index < -0.39 is 6.04 Å². The second-order valence-electron chi connectivity index (χ2n) is 2.80. The highest BCUT2D eigenvalue weighted by Gasteiger charge is 2.13. The van der Waals surface area contributed by atoms with E-state index in [1.54, 1.807) is 0 Å². The largest absolute Gasteiger partial charge is 0.335 e. The molecule has 74 valence electrons. The van der Waals surface area contributed by atoms with Crippen molar-refractivity contribution in [1.82, 2.24) is 20.7 Å². The average molecular weight is 193 g/mol. The lowest BCUT2D eigenvalue weighted by Crippen LogP contribution is -2.33. The predicted octanol–water partition coefficient (Wildman–Crippen LogP) is 0.227. The molecular formula is C8H11N5O. The molecule has 0 aliphatic rings. The first kappa shape index (κ1) is 10.2. The number of H-pyrrole nitrogens is 1. The summed E-state index contributed by atoms with van der Waals surface area (Å²) in [5, 5.41) is 20.7. The molecule has 1 rings (SSSR count). The first-order valence-electron chi connectivity index (χ1n) is 4.34. The van der Waals surface area contributed by atoms with Gasteiger partial charge in [0.25, 0.3) is 5.91 Å². The smallest absolute Gasteiger partial charge is 0.274 e. The molecule has 1 atom stereocenters. The van der Waals surface area contributed by atoms with Crippen molar-refractivity contribution >= 4 is 5.91 Å². The number of aromatic nitrogens is 3. The van der Waals surface area contributed by atoms with Crippen molar-refractivity contribution in [3.05, 3.63) is 11.9 Å².